The second-order valence-electron chi connectivity index (χ2n) is 4.09. The number of halogens is 1. The van der Waals surface area contributed by atoms with E-state index in [1.54, 1.807) is 31.4 Å². The van der Waals surface area contributed by atoms with Crippen molar-refractivity contribution in [2.75, 3.05) is 7.11 Å². The number of aromatic carboxylic acids is 1. The summed E-state index contributed by atoms with van der Waals surface area (Å²) < 4.78 is 11.7. The summed E-state index contributed by atoms with van der Waals surface area (Å²) in [7, 11) is 1.58. The van der Waals surface area contributed by atoms with Gasteiger partial charge in [-0.3, -0.25) is 0 Å². The van der Waals surface area contributed by atoms with Gasteiger partial charge in [0.05, 0.1) is 17.1 Å². The molecule has 0 heterocycles. The number of rotatable bonds is 5. The number of benzene rings is 2. The molecule has 20 heavy (non-hydrogen) atoms. The highest BCUT2D eigenvalue weighted by molar-refractivity contribution is 9.10. The van der Waals surface area contributed by atoms with Gasteiger partial charge in [-0.2, -0.15) is 0 Å². The summed E-state index contributed by atoms with van der Waals surface area (Å²) in [5.41, 5.74) is 1.05. The van der Waals surface area contributed by atoms with Crippen molar-refractivity contribution in [2.45, 2.75) is 6.61 Å². The number of hydrogen-bond donors (Lipinski definition) is 1. The Morgan fingerprint density at radius 2 is 2.05 bits per heavy atom. The third-order valence-corrected chi connectivity index (χ3v) is 3.36. The first kappa shape index (κ1) is 14.4. The molecule has 0 aromatic heterocycles. The van der Waals surface area contributed by atoms with Crippen LogP contribution in [0.2, 0.25) is 0 Å². The van der Waals surface area contributed by atoms with Crippen molar-refractivity contribution in [3.8, 4) is 11.5 Å². The molecule has 0 amide bonds. The first-order valence-electron chi connectivity index (χ1n) is 5.88. The Bertz CT molecular complexity index is 625. The number of carboxylic acids is 1. The van der Waals surface area contributed by atoms with Gasteiger partial charge < -0.3 is 14.6 Å². The first-order valence-corrected chi connectivity index (χ1v) is 6.68. The van der Waals surface area contributed by atoms with Crippen LogP contribution in [0.3, 0.4) is 0 Å². The highest BCUT2D eigenvalue weighted by Gasteiger charge is 2.05. The lowest BCUT2D eigenvalue weighted by Crippen LogP contribution is -2.00. The fraction of sp³-hybridized carbons (Fsp3) is 0.133. The van der Waals surface area contributed by atoms with Crippen molar-refractivity contribution in [1.82, 2.24) is 0 Å². The molecule has 2 aromatic carbocycles. The van der Waals surface area contributed by atoms with E-state index in [4.69, 9.17) is 14.6 Å². The van der Waals surface area contributed by atoms with Gasteiger partial charge in [-0.25, -0.2) is 4.79 Å². The molecule has 104 valence electrons. The number of carboxylic acid groups (broad SMARTS) is 1. The molecular formula is C15H13BrO4. The minimum Gasteiger partial charge on any atom is -0.495 e. The van der Waals surface area contributed by atoms with Gasteiger partial charge in [-0.15, -0.1) is 0 Å². The third-order valence-electron chi connectivity index (χ3n) is 2.70. The van der Waals surface area contributed by atoms with E-state index in [1.165, 1.54) is 0 Å². The predicted octanol–water partition coefficient (Wildman–Crippen LogP) is 3.73. The van der Waals surface area contributed by atoms with Crippen LogP contribution < -0.4 is 9.47 Å². The van der Waals surface area contributed by atoms with Crippen LogP contribution in [0.1, 0.15) is 15.9 Å². The third kappa shape index (κ3) is 3.51. The van der Waals surface area contributed by atoms with Gasteiger partial charge in [0.2, 0.25) is 0 Å². The van der Waals surface area contributed by atoms with Crippen LogP contribution in [0.15, 0.2) is 46.9 Å². The molecule has 4 nitrogen and oxygen atoms in total. The molecular weight excluding hydrogens is 324 g/mol. The van der Waals surface area contributed by atoms with E-state index >= 15 is 0 Å². The average molecular weight is 337 g/mol. The van der Waals surface area contributed by atoms with E-state index in [0.29, 0.717) is 18.1 Å². The van der Waals surface area contributed by atoms with E-state index in [0.717, 1.165) is 10.0 Å². The van der Waals surface area contributed by atoms with E-state index < -0.39 is 5.97 Å². The number of methoxy groups -OCH3 is 1. The van der Waals surface area contributed by atoms with Gasteiger partial charge in [0.1, 0.15) is 18.1 Å². The molecule has 0 aliphatic carbocycles. The maximum absolute atomic E-state index is 10.9. The highest BCUT2D eigenvalue weighted by Crippen LogP contribution is 2.29. The van der Waals surface area contributed by atoms with Crippen molar-refractivity contribution in [3.63, 3.8) is 0 Å². The molecule has 0 saturated carbocycles. The van der Waals surface area contributed by atoms with E-state index in [-0.39, 0.29) is 5.56 Å². The molecule has 5 heteroatoms. The normalized spacial score (nSPS) is 10.1. The van der Waals surface area contributed by atoms with Crippen LogP contribution in [-0.4, -0.2) is 18.2 Å². The van der Waals surface area contributed by atoms with Gasteiger partial charge >= 0.3 is 5.97 Å². The fourth-order valence-electron chi connectivity index (χ4n) is 1.69. The van der Waals surface area contributed by atoms with Gasteiger partial charge in [-0.05, 0) is 45.8 Å². The fourth-order valence-corrected chi connectivity index (χ4v) is 2.10. The first-order chi connectivity index (χ1) is 9.60. The number of carbonyl (C=O) groups is 1. The molecule has 0 saturated heterocycles. The Balaban J connectivity index is 2.08. The SMILES string of the molecule is COc1cc(OCc2cccc(C(=O)O)c2)ccc1Br. The van der Waals surface area contributed by atoms with Crippen LogP contribution in [0, 0.1) is 0 Å². The Hall–Kier alpha value is -2.01. The molecule has 1 N–H and O–H groups in total. The minimum absolute atomic E-state index is 0.250. The highest BCUT2D eigenvalue weighted by atomic mass is 79.9. The van der Waals surface area contributed by atoms with Gasteiger partial charge in [-0.1, -0.05) is 12.1 Å². The molecule has 0 radical (unpaired) electrons. The van der Waals surface area contributed by atoms with Gasteiger partial charge in [0.25, 0.3) is 0 Å². The number of ether oxygens (including phenoxy) is 2. The summed E-state index contributed by atoms with van der Waals surface area (Å²) in [4.78, 5) is 10.9. The Morgan fingerprint density at radius 3 is 2.75 bits per heavy atom. The van der Waals surface area contributed by atoms with Crippen LogP contribution in [-0.2, 0) is 6.61 Å². The van der Waals surface area contributed by atoms with E-state index in [1.807, 2.05) is 18.2 Å². The van der Waals surface area contributed by atoms with Gasteiger partial charge in [0.15, 0.2) is 0 Å². The zero-order valence-corrected chi connectivity index (χ0v) is 12.4. The molecule has 0 spiro atoms. The molecule has 0 fully saturated rings. The minimum atomic E-state index is -0.947. The molecule has 0 aliphatic rings. The van der Waals surface area contributed by atoms with Crippen molar-refractivity contribution < 1.29 is 19.4 Å². The molecule has 2 aromatic rings. The Morgan fingerprint density at radius 1 is 1.25 bits per heavy atom. The molecule has 0 bridgehead atoms. The standard InChI is InChI=1S/C15H13BrO4/c1-19-14-8-12(5-6-13(14)16)20-9-10-3-2-4-11(7-10)15(17)18/h2-8H,9H2,1H3,(H,17,18). The molecule has 0 atom stereocenters. The lowest BCUT2D eigenvalue weighted by atomic mass is 10.1. The van der Waals surface area contributed by atoms with E-state index in [2.05, 4.69) is 15.9 Å². The van der Waals surface area contributed by atoms with Crippen molar-refractivity contribution in [2.24, 2.45) is 0 Å². The Kier molecular flexibility index (Phi) is 4.63. The lowest BCUT2D eigenvalue weighted by molar-refractivity contribution is 0.0696. The second kappa shape index (κ2) is 6.43. The Labute approximate surface area is 125 Å². The zero-order valence-electron chi connectivity index (χ0n) is 10.8. The summed E-state index contributed by atoms with van der Waals surface area (Å²) in [5.74, 6) is 0.393. The van der Waals surface area contributed by atoms with Crippen molar-refractivity contribution in [1.29, 1.82) is 0 Å². The van der Waals surface area contributed by atoms with Crippen LogP contribution in [0.4, 0.5) is 0 Å². The maximum atomic E-state index is 10.9. The second-order valence-corrected chi connectivity index (χ2v) is 4.94. The smallest absolute Gasteiger partial charge is 0.335 e. The molecule has 0 unspecified atom stereocenters. The van der Waals surface area contributed by atoms with Crippen LogP contribution in [0.5, 0.6) is 11.5 Å². The molecule has 0 aliphatic heterocycles. The average Bonchev–Trinajstić information content (AvgIpc) is 2.46. The van der Waals surface area contributed by atoms with Gasteiger partial charge in [0, 0.05) is 6.07 Å². The molecule has 2 rings (SSSR count). The van der Waals surface area contributed by atoms with Crippen LogP contribution >= 0.6 is 15.9 Å². The summed E-state index contributed by atoms with van der Waals surface area (Å²) in [6.45, 7) is 0.298. The number of hydrogen-bond acceptors (Lipinski definition) is 3. The van der Waals surface area contributed by atoms with E-state index in [9.17, 15) is 4.79 Å². The monoisotopic (exact) mass is 336 g/mol. The van der Waals surface area contributed by atoms with Crippen molar-refractivity contribution in [3.05, 3.63) is 58.1 Å². The largest absolute Gasteiger partial charge is 0.495 e. The maximum Gasteiger partial charge on any atom is 0.335 e. The summed E-state index contributed by atoms with van der Waals surface area (Å²) in [5, 5.41) is 8.93. The summed E-state index contributed by atoms with van der Waals surface area (Å²) >= 11 is 3.37. The summed E-state index contributed by atoms with van der Waals surface area (Å²) in [6.07, 6.45) is 0. The lowest BCUT2D eigenvalue weighted by Gasteiger charge is -2.09. The predicted molar refractivity (Wildman–Crippen MR) is 78.4 cm³/mol. The topological polar surface area (TPSA) is 55.8 Å². The van der Waals surface area contributed by atoms with Crippen molar-refractivity contribution >= 4 is 21.9 Å². The zero-order chi connectivity index (χ0) is 14.5. The summed E-state index contributed by atoms with van der Waals surface area (Å²) in [6, 6.07) is 12.1. The quantitative estimate of drug-likeness (QED) is 0.903. The van der Waals surface area contributed by atoms with Crippen LogP contribution in [0.25, 0.3) is 0 Å².